The number of carbonyl (C=O) groups is 2. The fourth-order valence-corrected chi connectivity index (χ4v) is 3.40. The maximum Gasteiger partial charge on any atom is 0.270 e. The van der Waals surface area contributed by atoms with Crippen LogP contribution >= 0.6 is 23.8 Å². The molecule has 1 heterocycles. The zero-order valence-corrected chi connectivity index (χ0v) is 17.1. The first kappa shape index (κ1) is 19.8. The topological polar surface area (TPSA) is 58.6 Å². The number of amides is 2. The third-order valence-electron chi connectivity index (χ3n) is 4.38. The molecule has 30 heavy (non-hydrogen) atoms. The molecule has 148 valence electrons. The van der Waals surface area contributed by atoms with Gasteiger partial charge >= 0.3 is 0 Å². The number of benzene rings is 3. The van der Waals surface area contributed by atoms with Crippen LogP contribution in [0.15, 0.2) is 84.4 Å². The molecule has 1 aliphatic heterocycles. The normalized spacial score (nSPS) is 15.3. The van der Waals surface area contributed by atoms with Gasteiger partial charge < -0.3 is 4.74 Å². The molecule has 4 rings (SSSR count). The van der Waals surface area contributed by atoms with E-state index >= 15 is 0 Å². The van der Waals surface area contributed by atoms with Crippen molar-refractivity contribution >= 4 is 52.5 Å². The first-order valence-corrected chi connectivity index (χ1v) is 9.80. The maximum absolute atomic E-state index is 13.1. The van der Waals surface area contributed by atoms with Crippen LogP contribution in [0.2, 0.25) is 5.02 Å². The largest absolute Gasteiger partial charge is 0.457 e. The van der Waals surface area contributed by atoms with Gasteiger partial charge in [-0.25, -0.2) is 0 Å². The number of nitrogens with one attached hydrogen (secondary N) is 1. The molecule has 2 amide bonds. The second-order valence-corrected chi connectivity index (χ2v) is 7.18. The summed E-state index contributed by atoms with van der Waals surface area (Å²) >= 11 is 11.4. The van der Waals surface area contributed by atoms with Crippen molar-refractivity contribution in [2.75, 3.05) is 4.90 Å². The van der Waals surface area contributed by atoms with E-state index in [0.29, 0.717) is 27.8 Å². The minimum Gasteiger partial charge on any atom is -0.457 e. The molecule has 5 nitrogen and oxygen atoms in total. The van der Waals surface area contributed by atoms with Crippen LogP contribution in [-0.2, 0) is 9.59 Å². The molecular weight excluding hydrogens is 420 g/mol. The lowest BCUT2D eigenvalue weighted by atomic mass is 10.1. The lowest BCUT2D eigenvalue weighted by molar-refractivity contribution is -0.122. The Bertz CT molecular complexity index is 1160. The predicted molar refractivity (Wildman–Crippen MR) is 121 cm³/mol. The van der Waals surface area contributed by atoms with Crippen LogP contribution in [-0.4, -0.2) is 16.9 Å². The van der Waals surface area contributed by atoms with Crippen molar-refractivity contribution in [1.82, 2.24) is 5.32 Å². The number of thiocarbonyl (C=S) groups is 1. The number of ether oxygens (including phenoxy) is 1. The summed E-state index contributed by atoms with van der Waals surface area (Å²) in [4.78, 5) is 26.7. The summed E-state index contributed by atoms with van der Waals surface area (Å²) in [5.41, 5.74) is 1.02. The monoisotopic (exact) mass is 434 g/mol. The Morgan fingerprint density at radius 2 is 1.50 bits per heavy atom. The Morgan fingerprint density at radius 3 is 2.20 bits per heavy atom. The zero-order valence-electron chi connectivity index (χ0n) is 15.5. The summed E-state index contributed by atoms with van der Waals surface area (Å²) in [5, 5.41) is 3.01. The van der Waals surface area contributed by atoms with E-state index in [1.807, 2.05) is 30.3 Å². The number of halogens is 1. The van der Waals surface area contributed by atoms with Gasteiger partial charge in [-0.15, -0.1) is 0 Å². The molecule has 3 aromatic carbocycles. The third-order valence-corrected chi connectivity index (χ3v) is 5.01. The van der Waals surface area contributed by atoms with Crippen molar-refractivity contribution in [3.05, 3.63) is 95.0 Å². The zero-order chi connectivity index (χ0) is 21.1. The molecule has 0 unspecified atom stereocenters. The quantitative estimate of drug-likeness (QED) is 0.358. The van der Waals surface area contributed by atoms with Gasteiger partial charge in [-0.05, 0) is 66.3 Å². The van der Waals surface area contributed by atoms with Crippen molar-refractivity contribution in [2.45, 2.75) is 0 Å². The van der Waals surface area contributed by atoms with E-state index in [9.17, 15) is 9.59 Å². The van der Waals surface area contributed by atoms with Gasteiger partial charge in [0.25, 0.3) is 11.8 Å². The van der Waals surface area contributed by atoms with Crippen LogP contribution in [0.1, 0.15) is 5.56 Å². The first-order valence-electron chi connectivity index (χ1n) is 9.02. The minimum absolute atomic E-state index is 0.0121. The van der Waals surface area contributed by atoms with Gasteiger partial charge in [-0.1, -0.05) is 48.0 Å². The van der Waals surface area contributed by atoms with Crippen LogP contribution in [0.4, 0.5) is 5.69 Å². The molecular formula is C23H15ClN2O3S. The minimum atomic E-state index is -0.565. The molecule has 1 saturated heterocycles. The summed E-state index contributed by atoms with van der Waals surface area (Å²) in [7, 11) is 0. The van der Waals surface area contributed by atoms with E-state index in [4.69, 9.17) is 28.6 Å². The van der Waals surface area contributed by atoms with Gasteiger partial charge in [0.1, 0.15) is 17.1 Å². The van der Waals surface area contributed by atoms with Crippen molar-refractivity contribution in [3.63, 3.8) is 0 Å². The van der Waals surface area contributed by atoms with Crippen LogP contribution in [0.3, 0.4) is 0 Å². The van der Waals surface area contributed by atoms with Gasteiger partial charge in [-0.2, -0.15) is 0 Å². The van der Waals surface area contributed by atoms with E-state index in [-0.39, 0.29) is 10.7 Å². The standard InChI is InChI=1S/C23H15ClN2O3S/c24-20-9-5-4-6-15(20)14-19-21(27)25-23(30)26(22(19)28)16-10-12-18(13-11-16)29-17-7-2-1-3-8-17/h1-14H,(H,25,27,30)/b19-14+. The van der Waals surface area contributed by atoms with Gasteiger partial charge in [-0.3, -0.25) is 19.8 Å². The third kappa shape index (κ3) is 4.10. The Balaban J connectivity index is 1.61. The number of nitrogens with zero attached hydrogens (tertiary/aromatic N) is 1. The highest BCUT2D eigenvalue weighted by Crippen LogP contribution is 2.27. The molecule has 0 aromatic heterocycles. The van der Waals surface area contributed by atoms with Crippen LogP contribution < -0.4 is 15.0 Å². The number of hydrogen-bond donors (Lipinski definition) is 1. The molecule has 0 atom stereocenters. The molecule has 1 N–H and O–H groups in total. The Labute approximate surface area is 183 Å². The summed E-state index contributed by atoms with van der Waals surface area (Å²) in [6.45, 7) is 0. The van der Waals surface area contributed by atoms with Crippen molar-refractivity contribution in [1.29, 1.82) is 0 Å². The van der Waals surface area contributed by atoms with E-state index in [1.54, 1.807) is 48.5 Å². The molecule has 0 saturated carbocycles. The molecule has 1 aliphatic rings. The SMILES string of the molecule is O=C1NC(=S)N(c2ccc(Oc3ccccc3)cc2)C(=O)/C1=C/c1ccccc1Cl. The van der Waals surface area contributed by atoms with E-state index in [2.05, 4.69) is 5.32 Å². The second-order valence-electron chi connectivity index (χ2n) is 6.39. The number of rotatable bonds is 4. The van der Waals surface area contributed by atoms with Crippen molar-refractivity contribution < 1.29 is 14.3 Å². The highest BCUT2D eigenvalue weighted by atomic mass is 35.5. The van der Waals surface area contributed by atoms with Crippen molar-refractivity contribution in [2.24, 2.45) is 0 Å². The second kappa shape index (κ2) is 8.49. The summed E-state index contributed by atoms with van der Waals surface area (Å²) in [5.74, 6) is 0.217. The molecule has 0 aliphatic carbocycles. The summed E-state index contributed by atoms with van der Waals surface area (Å²) in [6, 6.07) is 23.2. The predicted octanol–water partition coefficient (Wildman–Crippen LogP) is 4.96. The van der Waals surface area contributed by atoms with Gasteiger partial charge in [0, 0.05) is 5.02 Å². The first-order chi connectivity index (χ1) is 14.5. The average Bonchev–Trinajstić information content (AvgIpc) is 2.74. The Hall–Kier alpha value is -3.48. The number of hydrogen-bond acceptors (Lipinski definition) is 4. The molecule has 0 radical (unpaired) electrons. The van der Waals surface area contributed by atoms with Crippen LogP contribution in [0.5, 0.6) is 11.5 Å². The van der Waals surface area contributed by atoms with E-state index < -0.39 is 11.8 Å². The fraction of sp³-hybridized carbons (Fsp3) is 0. The summed E-state index contributed by atoms with van der Waals surface area (Å²) in [6.07, 6.45) is 1.46. The van der Waals surface area contributed by atoms with E-state index in [1.165, 1.54) is 11.0 Å². The smallest absolute Gasteiger partial charge is 0.270 e. The van der Waals surface area contributed by atoms with Crippen LogP contribution in [0.25, 0.3) is 6.08 Å². The molecule has 3 aromatic rings. The lowest BCUT2D eigenvalue weighted by Gasteiger charge is -2.29. The van der Waals surface area contributed by atoms with Gasteiger partial charge in [0.2, 0.25) is 0 Å². The Morgan fingerprint density at radius 1 is 0.867 bits per heavy atom. The Kier molecular flexibility index (Phi) is 5.61. The van der Waals surface area contributed by atoms with Gasteiger partial charge in [0.05, 0.1) is 5.69 Å². The molecule has 1 fully saturated rings. The van der Waals surface area contributed by atoms with E-state index in [0.717, 1.165) is 0 Å². The highest BCUT2D eigenvalue weighted by molar-refractivity contribution is 7.80. The number of para-hydroxylation sites is 1. The lowest BCUT2D eigenvalue weighted by Crippen LogP contribution is -2.54. The molecule has 0 bridgehead atoms. The number of anilines is 1. The molecule has 0 spiro atoms. The summed E-state index contributed by atoms with van der Waals surface area (Å²) < 4.78 is 5.77. The number of carbonyl (C=O) groups excluding carboxylic acids is 2. The fourth-order valence-electron chi connectivity index (χ4n) is 2.93. The van der Waals surface area contributed by atoms with Gasteiger partial charge in [0.15, 0.2) is 5.11 Å². The van der Waals surface area contributed by atoms with Crippen molar-refractivity contribution in [3.8, 4) is 11.5 Å². The highest BCUT2D eigenvalue weighted by Gasteiger charge is 2.34. The average molecular weight is 435 g/mol. The molecule has 7 heteroatoms. The maximum atomic E-state index is 13.1. The van der Waals surface area contributed by atoms with Crippen LogP contribution in [0, 0.1) is 0 Å².